The molecule has 0 radical (unpaired) electrons. The SMILES string of the molecule is CCc1c(C(=O)NCc2cccc(CN3CCC(C)CC3)c2)cnn1-c1ccccn1. The largest absolute Gasteiger partial charge is 0.348 e. The number of nitrogens with zero attached hydrogens (tertiary/aromatic N) is 4. The average molecular weight is 418 g/mol. The standard InChI is InChI=1S/C25H31N5O/c1-3-23-22(17-28-30(23)24-9-4-5-12-26-24)25(31)27-16-20-7-6-8-21(15-20)18-29-13-10-19(2)11-14-29/h4-9,12,15,17,19H,3,10-11,13-14,16,18H2,1-2H3,(H,27,31). The number of likely N-dealkylation sites (tertiary alicyclic amines) is 1. The molecule has 4 rings (SSSR count). The van der Waals surface area contributed by atoms with E-state index >= 15 is 0 Å². The van der Waals surface area contributed by atoms with E-state index in [0.29, 0.717) is 18.5 Å². The summed E-state index contributed by atoms with van der Waals surface area (Å²) in [5.41, 5.74) is 3.89. The van der Waals surface area contributed by atoms with E-state index in [9.17, 15) is 4.79 Å². The number of carbonyl (C=O) groups excluding carboxylic acids is 1. The molecule has 0 unspecified atom stereocenters. The molecule has 1 N–H and O–H groups in total. The molecule has 6 heteroatoms. The van der Waals surface area contributed by atoms with E-state index in [0.717, 1.165) is 29.5 Å². The molecule has 0 aliphatic carbocycles. The molecule has 1 saturated heterocycles. The van der Waals surface area contributed by atoms with Crippen molar-refractivity contribution in [3.05, 3.63) is 77.2 Å². The highest BCUT2D eigenvalue weighted by Gasteiger charge is 2.18. The summed E-state index contributed by atoms with van der Waals surface area (Å²) in [6.07, 6.45) is 6.62. The summed E-state index contributed by atoms with van der Waals surface area (Å²) >= 11 is 0. The first-order valence-corrected chi connectivity index (χ1v) is 11.2. The predicted octanol–water partition coefficient (Wildman–Crippen LogP) is 3.99. The third-order valence-corrected chi connectivity index (χ3v) is 6.04. The second kappa shape index (κ2) is 9.88. The Hall–Kier alpha value is -2.99. The first-order chi connectivity index (χ1) is 15.1. The monoisotopic (exact) mass is 417 g/mol. The normalized spacial score (nSPS) is 15.2. The van der Waals surface area contributed by atoms with Crippen LogP contribution < -0.4 is 5.32 Å². The van der Waals surface area contributed by atoms with Crippen LogP contribution >= 0.6 is 0 Å². The van der Waals surface area contributed by atoms with Gasteiger partial charge in [0.1, 0.15) is 0 Å². The maximum atomic E-state index is 12.9. The van der Waals surface area contributed by atoms with Gasteiger partial charge in [-0.1, -0.05) is 44.2 Å². The lowest BCUT2D eigenvalue weighted by Gasteiger charge is -2.30. The van der Waals surface area contributed by atoms with E-state index < -0.39 is 0 Å². The number of nitrogens with one attached hydrogen (secondary N) is 1. The third kappa shape index (κ3) is 5.20. The van der Waals surface area contributed by atoms with Gasteiger partial charge in [-0.3, -0.25) is 9.69 Å². The van der Waals surface area contributed by atoms with E-state index in [1.165, 1.54) is 31.5 Å². The molecule has 1 amide bonds. The smallest absolute Gasteiger partial charge is 0.255 e. The molecule has 0 saturated carbocycles. The van der Waals surface area contributed by atoms with Crippen molar-refractivity contribution >= 4 is 5.91 Å². The highest BCUT2D eigenvalue weighted by atomic mass is 16.1. The Morgan fingerprint density at radius 3 is 2.68 bits per heavy atom. The molecule has 31 heavy (non-hydrogen) atoms. The molecule has 1 aliphatic rings. The molecule has 6 nitrogen and oxygen atoms in total. The third-order valence-electron chi connectivity index (χ3n) is 6.04. The van der Waals surface area contributed by atoms with Gasteiger partial charge in [-0.2, -0.15) is 5.10 Å². The lowest BCUT2D eigenvalue weighted by molar-refractivity contribution is 0.0950. The number of piperidine rings is 1. The van der Waals surface area contributed by atoms with Crippen molar-refractivity contribution in [1.82, 2.24) is 25.0 Å². The summed E-state index contributed by atoms with van der Waals surface area (Å²) in [5, 5.41) is 7.47. The average Bonchev–Trinajstić information content (AvgIpc) is 3.24. The van der Waals surface area contributed by atoms with Gasteiger partial charge in [-0.15, -0.1) is 0 Å². The Labute approximate surface area is 184 Å². The fourth-order valence-electron chi connectivity index (χ4n) is 4.17. The molecule has 1 aromatic carbocycles. The fraction of sp³-hybridized carbons (Fsp3) is 0.400. The van der Waals surface area contributed by atoms with Crippen LogP contribution in [0.25, 0.3) is 5.82 Å². The van der Waals surface area contributed by atoms with Gasteiger partial charge < -0.3 is 5.32 Å². The second-order valence-electron chi connectivity index (χ2n) is 8.42. The lowest BCUT2D eigenvalue weighted by atomic mass is 9.98. The summed E-state index contributed by atoms with van der Waals surface area (Å²) in [5.74, 6) is 1.46. The second-order valence-corrected chi connectivity index (χ2v) is 8.42. The minimum atomic E-state index is -0.102. The van der Waals surface area contributed by atoms with Crippen molar-refractivity contribution < 1.29 is 4.79 Å². The molecule has 1 fully saturated rings. The minimum Gasteiger partial charge on any atom is -0.348 e. The lowest BCUT2D eigenvalue weighted by Crippen LogP contribution is -2.32. The van der Waals surface area contributed by atoms with Crippen LogP contribution in [-0.2, 0) is 19.5 Å². The number of amides is 1. The number of benzene rings is 1. The summed E-state index contributed by atoms with van der Waals surface area (Å²) < 4.78 is 1.75. The molecule has 3 aromatic rings. The Morgan fingerprint density at radius 1 is 1.13 bits per heavy atom. The molecule has 1 aliphatic heterocycles. The Balaban J connectivity index is 1.40. The number of rotatable bonds is 7. The van der Waals surface area contributed by atoms with Crippen LogP contribution in [0.1, 0.15) is 53.9 Å². The molecule has 3 heterocycles. The predicted molar refractivity (Wildman–Crippen MR) is 122 cm³/mol. The zero-order valence-corrected chi connectivity index (χ0v) is 18.4. The number of hydrogen-bond donors (Lipinski definition) is 1. The van der Waals surface area contributed by atoms with Gasteiger partial charge in [0.15, 0.2) is 5.82 Å². The van der Waals surface area contributed by atoms with Gasteiger partial charge in [0, 0.05) is 19.3 Å². The van der Waals surface area contributed by atoms with Gasteiger partial charge in [0.25, 0.3) is 5.91 Å². The minimum absolute atomic E-state index is 0.102. The van der Waals surface area contributed by atoms with Gasteiger partial charge in [-0.25, -0.2) is 9.67 Å². The zero-order valence-electron chi connectivity index (χ0n) is 18.4. The Bertz CT molecular complexity index is 1010. The number of carbonyl (C=O) groups is 1. The van der Waals surface area contributed by atoms with E-state index in [1.54, 1.807) is 17.1 Å². The van der Waals surface area contributed by atoms with Crippen molar-refractivity contribution in [3.63, 3.8) is 0 Å². The maximum absolute atomic E-state index is 12.9. The van der Waals surface area contributed by atoms with Crippen LogP contribution in [0.4, 0.5) is 0 Å². The highest BCUT2D eigenvalue weighted by molar-refractivity contribution is 5.95. The summed E-state index contributed by atoms with van der Waals surface area (Å²) in [6, 6.07) is 14.2. The molecule has 0 atom stereocenters. The van der Waals surface area contributed by atoms with Crippen molar-refractivity contribution in [1.29, 1.82) is 0 Å². The molecule has 0 spiro atoms. The first kappa shape index (κ1) is 21.2. The van der Waals surface area contributed by atoms with Crippen LogP contribution in [0.3, 0.4) is 0 Å². The van der Waals surface area contributed by atoms with Crippen LogP contribution in [0.15, 0.2) is 54.9 Å². The number of hydrogen-bond acceptors (Lipinski definition) is 4. The summed E-state index contributed by atoms with van der Waals surface area (Å²) in [6.45, 7) is 8.18. The number of pyridine rings is 1. The van der Waals surface area contributed by atoms with Crippen molar-refractivity contribution in [2.24, 2.45) is 5.92 Å². The fourth-order valence-corrected chi connectivity index (χ4v) is 4.17. The molecule has 162 valence electrons. The molecule has 2 aromatic heterocycles. The van der Waals surface area contributed by atoms with Gasteiger partial charge >= 0.3 is 0 Å². The Kier molecular flexibility index (Phi) is 6.77. The van der Waals surface area contributed by atoms with E-state index in [-0.39, 0.29) is 5.91 Å². The first-order valence-electron chi connectivity index (χ1n) is 11.2. The van der Waals surface area contributed by atoms with Crippen LogP contribution in [0.2, 0.25) is 0 Å². The van der Waals surface area contributed by atoms with Crippen molar-refractivity contribution in [2.45, 2.75) is 46.2 Å². The maximum Gasteiger partial charge on any atom is 0.255 e. The highest BCUT2D eigenvalue weighted by Crippen LogP contribution is 2.19. The van der Waals surface area contributed by atoms with E-state index in [1.807, 2.05) is 25.1 Å². The van der Waals surface area contributed by atoms with Crippen LogP contribution in [-0.4, -0.2) is 38.7 Å². The molecular formula is C25H31N5O. The quantitative estimate of drug-likeness (QED) is 0.631. The Morgan fingerprint density at radius 2 is 1.94 bits per heavy atom. The van der Waals surface area contributed by atoms with Crippen LogP contribution in [0, 0.1) is 5.92 Å². The van der Waals surface area contributed by atoms with Gasteiger partial charge in [-0.05, 0) is 61.5 Å². The number of aromatic nitrogens is 3. The van der Waals surface area contributed by atoms with Crippen molar-refractivity contribution in [3.8, 4) is 5.82 Å². The summed E-state index contributed by atoms with van der Waals surface area (Å²) in [4.78, 5) is 19.8. The molecular weight excluding hydrogens is 386 g/mol. The topological polar surface area (TPSA) is 63.1 Å². The zero-order chi connectivity index (χ0) is 21.6. The summed E-state index contributed by atoms with van der Waals surface area (Å²) in [7, 11) is 0. The van der Waals surface area contributed by atoms with Gasteiger partial charge in [0.2, 0.25) is 0 Å². The van der Waals surface area contributed by atoms with Crippen molar-refractivity contribution in [2.75, 3.05) is 13.1 Å². The van der Waals surface area contributed by atoms with E-state index in [4.69, 9.17) is 0 Å². The van der Waals surface area contributed by atoms with E-state index in [2.05, 4.69) is 51.5 Å². The van der Waals surface area contributed by atoms with Crippen LogP contribution in [0.5, 0.6) is 0 Å². The van der Waals surface area contributed by atoms with Gasteiger partial charge in [0.05, 0.1) is 17.5 Å². The molecule has 0 bridgehead atoms.